The summed E-state index contributed by atoms with van der Waals surface area (Å²) in [4.78, 5) is 6.46. The minimum absolute atomic E-state index is 0.277. The van der Waals surface area contributed by atoms with Gasteiger partial charge < -0.3 is 0 Å². The maximum atomic E-state index is 8.03. The van der Waals surface area contributed by atoms with Crippen LogP contribution in [0.25, 0.3) is 10.4 Å². The van der Waals surface area contributed by atoms with E-state index in [1.165, 1.54) is 6.20 Å². The van der Waals surface area contributed by atoms with Gasteiger partial charge in [-0.15, -0.1) is 0 Å². The number of aromatic nitrogens is 1. The molecule has 4 nitrogen and oxygen atoms in total. The molecule has 1 aromatic heterocycles. The van der Waals surface area contributed by atoms with Crippen LogP contribution in [0.5, 0.6) is 0 Å². The quantitative estimate of drug-likeness (QED) is 0.195. The third-order valence-electron chi connectivity index (χ3n) is 1.47. The topological polar surface area (TPSA) is 61.7 Å². The Kier molecular flexibility index (Phi) is 4.79. The third-order valence-corrected chi connectivity index (χ3v) is 2.07. The van der Waals surface area contributed by atoms with Gasteiger partial charge in [0.05, 0.1) is 10.6 Å². The van der Waals surface area contributed by atoms with E-state index in [1.54, 1.807) is 6.07 Å². The molecule has 1 aromatic rings. The molecule has 15 heavy (non-hydrogen) atoms. The zero-order chi connectivity index (χ0) is 11.1. The van der Waals surface area contributed by atoms with Crippen LogP contribution in [0.4, 0.5) is 0 Å². The van der Waals surface area contributed by atoms with E-state index in [9.17, 15) is 0 Å². The van der Waals surface area contributed by atoms with E-state index in [1.807, 2.05) is 0 Å². The summed E-state index contributed by atoms with van der Waals surface area (Å²) in [6.07, 6.45) is 1.97. The van der Waals surface area contributed by atoms with Crippen molar-refractivity contribution >= 4 is 23.2 Å². The van der Waals surface area contributed by atoms with Crippen molar-refractivity contribution < 1.29 is 0 Å². The Morgan fingerprint density at radius 3 is 3.00 bits per heavy atom. The van der Waals surface area contributed by atoms with E-state index in [0.29, 0.717) is 23.6 Å². The normalized spacial score (nSPS) is 8.67. The fraction of sp³-hybridized carbons (Fsp3) is 0.222. The van der Waals surface area contributed by atoms with Crippen LogP contribution in [0.1, 0.15) is 12.0 Å². The Labute approximate surface area is 96.9 Å². The van der Waals surface area contributed by atoms with E-state index in [2.05, 4.69) is 26.9 Å². The van der Waals surface area contributed by atoms with E-state index < -0.39 is 0 Å². The molecule has 1 rings (SSSR count). The van der Waals surface area contributed by atoms with Crippen molar-refractivity contribution in [2.45, 2.75) is 6.42 Å². The van der Waals surface area contributed by atoms with Gasteiger partial charge in [-0.1, -0.05) is 40.2 Å². The lowest BCUT2D eigenvalue weighted by atomic mass is 10.3. The summed E-state index contributed by atoms with van der Waals surface area (Å²) in [7, 11) is 0. The maximum Gasteiger partial charge on any atom is 0.146 e. The van der Waals surface area contributed by atoms with Gasteiger partial charge >= 0.3 is 0 Å². The van der Waals surface area contributed by atoms with Gasteiger partial charge in [0, 0.05) is 24.1 Å². The first-order chi connectivity index (χ1) is 7.25. The Balaban J connectivity index is 2.75. The number of hydrogen-bond acceptors (Lipinski definition) is 2. The second-order valence-electron chi connectivity index (χ2n) is 2.46. The summed E-state index contributed by atoms with van der Waals surface area (Å²) >= 11 is 11.7. The van der Waals surface area contributed by atoms with Gasteiger partial charge in [0.15, 0.2) is 0 Å². The van der Waals surface area contributed by atoms with Crippen LogP contribution < -0.4 is 0 Å². The number of rotatable bonds is 2. The number of pyridine rings is 1. The summed E-state index contributed by atoms with van der Waals surface area (Å²) in [6, 6.07) is 1.62. The standard InChI is InChI=1S/C9H6Cl2N4/c10-8-4-6-13-9(11)7(8)3-1-2-5-14-15-12/h4,6H,2,5H2. The highest BCUT2D eigenvalue weighted by Crippen LogP contribution is 2.20. The van der Waals surface area contributed by atoms with Crippen molar-refractivity contribution in [3.63, 3.8) is 0 Å². The minimum atomic E-state index is 0.277. The maximum absolute atomic E-state index is 8.03. The first-order valence-electron chi connectivity index (χ1n) is 4.05. The molecule has 1 heterocycles. The molecule has 0 N–H and O–H groups in total. The number of azide groups is 1. The van der Waals surface area contributed by atoms with Gasteiger partial charge in [-0.3, -0.25) is 0 Å². The van der Waals surface area contributed by atoms with Gasteiger partial charge in [0.1, 0.15) is 5.15 Å². The van der Waals surface area contributed by atoms with Crippen LogP contribution in [-0.2, 0) is 0 Å². The molecule has 0 aromatic carbocycles. The molecule has 0 aliphatic rings. The van der Waals surface area contributed by atoms with Gasteiger partial charge in [-0.2, -0.15) is 0 Å². The summed E-state index contributed by atoms with van der Waals surface area (Å²) in [5.74, 6) is 5.57. The van der Waals surface area contributed by atoms with Crippen LogP contribution in [-0.4, -0.2) is 11.5 Å². The van der Waals surface area contributed by atoms with Gasteiger partial charge in [0.25, 0.3) is 0 Å². The molecule has 0 aliphatic carbocycles. The average Bonchev–Trinajstić information content (AvgIpc) is 2.21. The molecular formula is C9H6Cl2N4. The van der Waals surface area contributed by atoms with Crippen molar-refractivity contribution in [3.8, 4) is 11.8 Å². The van der Waals surface area contributed by atoms with Crippen LogP contribution >= 0.6 is 23.2 Å². The van der Waals surface area contributed by atoms with Gasteiger partial charge in [-0.05, 0) is 11.6 Å². The fourth-order valence-corrected chi connectivity index (χ4v) is 1.27. The average molecular weight is 241 g/mol. The van der Waals surface area contributed by atoms with E-state index in [4.69, 9.17) is 28.7 Å². The predicted molar refractivity (Wildman–Crippen MR) is 59.8 cm³/mol. The van der Waals surface area contributed by atoms with E-state index >= 15 is 0 Å². The van der Waals surface area contributed by atoms with Crippen LogP contribution in [0.3, 0.4) is 0 Å². The summed E-state index contributed by atoms with van der Waals surface area (Å²) in [5.41, 5.74) is 8.53. The highest BCUT2D eigenvalue weighted by atomic mass is 35.5. The number of halogens is 2. The fourth-order valence-electron chi connectivity index (χ4n) is 0.827. The van der Waals surface area contributed by atoms with Crippen molar-refractivity contribution in [2.75, 3.05) is 6.54 Å². The van der Waals surface area contributed by atoms with Crippen LogP contribution in [0.15, 0.2) is 17.4 Å². The minimum Gasteiger partial charge on any atom is -0.243 e. The Hall–Kier alpha value is -1.40. The molecule has 0 spiro atoms. The number of nitrogens with zero attached hydrogens (tertiary/aromatic N) is 4. The molecule has 0 atom stereocenters. The molecule has 0 fully saturated rings. The predicted octanol–water partition coefficient (Wildman–Crippen LogP) is 3.44. The first kappa shape index (κ1) is 11.7. The van der Waals surface area contributed by atoms with Crippen LogP contribution in [0, 0.1) is 11.8 Å². The highest BCUT2D eigenvalue weighted by Gasteiger charge is 2.01. The molecule has 6 heteroatoms. The van der Waals surface area contributed by atoms with Gasteiger partial charge in [0.2, 0.25) is 0 Å². The molecule has 76 valence electrons. The van der Waals surface area contributed by atoms with Crippen molar-refractivity contribution in [3.05, 3.63) is 38.4 Å². The largest absolute Gasteiger partial charge is 0.243 e. The molecule has 0 bridgehead atoms. The molecular weight excluding hydrogens is 235 g/mol. The molecule has 0 radical (unpaired) electrons. The molecule has 0 aliphatic heterocycles. The summed E-state index contributed by atoms with van der Waals surface area (Å²) in [5, 5.41) is 4.09. The number of hydrogen-bond donors (Lipinski definition) is 0. The molecule has 0 amide bonds. The smallest absolute Gasteiger partial charge is 0.146 e. The highest BCUT2D eigenvalue weighted by molar-refractivity contribution is 6.35. The van der Waals surface area contributed by atoms with Crippen molar-refractivity contribution in [1.82, 2.24) is 4.98 Å². The second-order valence-corrected chi connectivity index (χ2v) is 3.23. The summed E-state index contributed by atoms with van der Waals surface area (Å²) in [6.45, 7) is 0.332. The monoisotopic (exact) mass is 240 g/mol. The van der Waals surface area contributed by atoms with Crippen molar-refractivity contribution in [1.29, 1.82) is 0 Å². The van der Waals surface area contributed by atoms with Gasteiger partial charge in [-0.25, -0.2) is 4.98 Å². The Morgan fingerprint density at radius 2 is 2.33 bits per heavy atom. The Bertz CT molecular complexity index is 435. The molecule has 0 saturated heterocycles. The first-order valence-corrected chi connectivity index (χ1v) is 4.81. The lowest BCUT2D eigenvalue weighted by Gasteiger charge is -1.96. The summed E-state index contributed by atoms with van der Waals surface area (Å²) < 4.78 is 0. The Morgan fingerprint density at radius 1 is 1.53 bits per heavy atom. The lowest BCUT2D eigenvalue weighted by molar-refractivity contribution is 1.01. The second kappa shape index (κ2) is 6.15. The zero-order valence-electron chi connectivity index (χ0n) is 7.61. The molecule has 0 saturated carbocycles. The zero-order valence-corrected chi connectivity index (χ0v) is 9.13. The lowest BCUT2D eigenvalue weighted by Crippen LogP contribution is -1.83. The van der Waals surface area contributed by atoms with Crippen molar-refractivity contribution in [2.24, 2.45) is 5.11 Å². The van der Waals surface area contributed by atoms with Crippen LogP contribution in [0.2, 0.25) is 10.2 Å². The molecule has 0 unspecified atom stereocenters. The third kappa shape index (κ3) is 3.69. The van der Waals surface area contributed by atoms with E-state index in [0.717, 1.165) is 0 Å². The van der Waals surface area contributed by atoms with E-state index in [-0.39, 0.29) is 5.15 Å². The SMILES string of the molecule is [N-]=[N+]=NCCC#Cc1c(Cl)ccnc1Cl.